The first-order valence-corrected chi connectivity index (χ1v) is 19.2. The van der Waals surface area contributed by atoms with Crippen LogP contribution in [0.1, 0.15) is 29.0 Å². The zero-order chi connectivity index (χ0) is 37.0. The van der Waals surface area contributed by atoms with E-state index in [-0.39, 0.29) is 12.3 Å². The third kappa shape index (κ3) is 5.40. The van der Waals surface area contributed by atoms with E-state index in [1.165, 1.54) is 60.4 Å². The van der Waals surface area contributed by atoms with Crippen molar-refractivity contribution in [3.63, 3.8) is 0 Å². The minimum absolute atomic E-state index is 0.0988. The average Bonchev–Trinajstić information content (AvgIpc) is 3.79. The van der Waals surface area contributed by atoms with Gasteiger partial charge >= 0.3 is 0 Å². The van der Waals surface area contributed by atoms with E-state index in [0.717, 1.165) is 28.2 Å². The molecule has 0 aliphatic carbocycles. The van der Waals surface area contributed by atoms with Gasteiger partial charge in [0, 0.05) is 38.5 Å². The molecule has 5 nitrogen and oxygen atoms in total. The maximum atomic E-state index is 5.23. The maximum absolute atomic E-state index is 5.23. The Hall–Kier alpha value is -7.21. The summed E-state index contributed by atoms with van der Waals surface area (Å²) in [4.78, 5) is 5.23. The Morgan fingerprint density at radius 2 is 0.875 bits per heavy atom. The molecule has 0 fully saturated rings. The first kappa shape index (κ1) is 32.2. The van der Waals surface area contributed by atoms with Crippen molar-refractivity contribution in [1.29, 1.82) is 0 Å². The van der Waals surface area contributed by atoms with E-state index in [9.17, 15) is 0 Å². The number of hydrogen-bond donors (Lipinski definition) is 2. The van der Waals surface area contributed by atoms with Crippen molar-refractivity contribution in [2.45, 2.75) is 12.3 Å². The van der Waals surface area contributed by atoms with Crippen LogP contribution in [0.3, 0.4) is 0 Å². The van der Waals surface area contributed by atoms with E-state index < -0.39 is 0 Å². The molecule has 0 bridgehead atoms. The molecule has 2 aromatic heterocycles. The Kier molecular flexibility index (Phi) is 7.64. The third-order valence-corrected chi connectivity index (χ3v) is 11.2. The van der Waals surface area contributed by atoms with Crippen LogP contribution in [0.4, 0.5) is 0 Å². The average molecular weight is 720 g/mol. The van der Waals surface area contributed by atoms with Gasteiger partial charge in [0.05, 0.1) is 22.1 Å². The number of hydrogen-bond acceptors (Lipinski definition) is 3. The molecule has 2 atom stereocenters. The summed E-state index contributed by atoms with van der Waals surface area (Å²) in [5.41, 5.74) is 12.7. The quantitative estimate of drug-likeness (QED) is 0.180. The van der Waals surface area contributed by atoms with E-state index in [4.69, 9.17) is 4.99 Å². The summed E-state index contributed by atoms with van der Waals surface area (Å²) in [5.74, 6) is 0.861. The lowest BCUT2D eigenvalue weighted by molar-refractivity contribution is 0.409. The lowest BCUT2D eigenvalue weighted by Gasteiger charge is -2.32. The second kappa shape index (κ2) is 13.3. The minimum Gasteiger partial charge on any atom is -0.350 e. The van der Waals surface area contributed by atoms with E-state index in [0.29, 0.717) is 0 Å². The van der Waals surface area contributed by atoms with Crippen molar-refractivity contribution >= 4 is 49.4 Å². The number of amidine groups is 1. The van der Waals surface area contributed by atoms with Gasteiger partial charge in [-0.2, -0.15) is 0 Å². The van der Waals surface area contributed by atoms with E-state index in [1.807, 2.05) is 6.07 Å². The van der Waals surface area contributed by atoms with Crippen molar-refractivity contribution in [3.8, 4) is 22.5 Å². The van der Waals surface area contributed by atoms with Crippen LogP contribution in [0.2, 0.25) is 0 Å². The summed E-state index contributed by atoms with van der Waals surface area (Å²) in [6.45, 7) is 0. The topological polar surface area (TPSA) is 46.3 Å². The van der Waals surface area contributed by atoms with Crippen LogP contribution in [-0.2, 0) is 0 Å². The smallest absolute Gasteiger partial charge is 0.131 e. The molecule has 0 saturated carbocycles. The van der Waals surface area contributed by atoms with Crippen LogP contribution in [0.25, 0.3) is 66.1 Å². The first-order chi connectivity index (χ1) is 27.8. The summed E-state index contributed by atoms with van der Waals surface area (Å²) < 4.78 is 4.76. The van der Waals surface area contributed by atoms with Crippen LogP contribution in [0, 0.1) is 0 Å². The van der Waals surface area contributed by atoms with Crippen LogP contribution in [-0.4, -0.2) is 15.0 Å². The zero-order valence-corrected chi connectivity index (χ0v) is 30.5. The molecule has 11 rings (SSSR count). The number of aliphatic imine (C=N–C) groups is 1. The van der Waals surface area contributed by atoms with Gasteiger partial charge in [0.25, 0.3) is 0 Å². The summed E-state index contributed by atoms with van der Waals surface area (Å²) in [7, 11) is 0. The highest BCUT2D eigenvalue weighted by Gasteiger charge is 2.26. The van der Waals surface area contributed by atoms with Gasteiger partial charge in [-0.15, -0.1) is 0 Å². The lowest BCUT2D eigenvalue weighted by Crippen LogP contribution is -2.44. The third-order valence-electron chi connectivity index (χ3n) is 11.2. The second-order valence-electron chi connectivity index (χ2n) is 14.5. The second-order valence-corrected chi connectivity index (χ2v) is 14.5. The van der Waals surface area contributed by atoms with Gasteiger partial charge in [-0.1, -0.05) is 140 Å². The fourth-order valence-electron chi connectivity index (χ4n) is 8.56. The van der Waals surface area contributed by atoms with Gasteiger partial charge in [-0.05, 0) is 82.9 Å². The monoisotopic (exact) mass is 719 g/mol. The Labute approximate surface area is 324 Å². The minimum atomic E-state index is -0.193. The van der Waals surface area contributed by atoms with E-state index >= 15 is 0 Å². The van der Waals surface area contributed by atoms with Crippen molar-refractivity contribution in [2.75, 3.05) is 0 Å². The molecule has 266 valence electrons. The molecule has 1 aliphatic rings. The van der Waals surface area contributed by atoms with Gasteiger partial charge in [0.2, 0.25) is 0 Å². The number of nitrogens with one attached hydrogen (secondary N) is 2. The summed E-state index contributed by atoms with van der Waals surface area (Å²) in [6.07, 6.45) is -0.291. The molecule has 0 radical (unpaired) electrons. The maximum Gasteiger partial charge on any atom is 0.131 e. The van der Waals surface area contributed by atoms with E-state index in [1.54, 1.807) is 0 Å². The summed E-state index contributed by atoms with van der Waals surface area (Å²) in [5, 5.41) is 12.4. The molecular formula is C51H37N5. The van der Waals surface area contributed by atoms with Crippen molar-refractivity contribution in [2.24, 2.45) is 4.99 Å². The van der Waals surface area contributed by atoms with E-state index in [2.05, 4.69) is 214 Å². The molecule has 1 aliphatic heterocycles. The normalized spacial score (nSPS) is 15.7. The Morgan fingerprint density at radius 3 is 1.50 bits per heavy atom. The molecule has 0 saturated heterocycles. The number of para-hydroxylation sites is 3. The summed E-state index contributed by atoms with van der Waals surface area (Å²) >= 11 is 0. The van der Waals surface area contributed by atoms with Crippen LogP contribution >= 0.6 is 0 Å². The highest BCUT2D eigenvalue weighted by molar-refractivity contribution is 6.13. The molecule has 2 unspecified atom stereocenters. The van der Waals surface area contributed by atoms with Gasteiger partial charge in [-0.3, -0.25) is 5.32 Å². The molecule has 5 heteroatoms. The van der Waals surface area contributed by atoms with Crippen molar-refractivity contribution in [1.82, 2.24) is 19.8 Å². The SMILES string of the molecule is c1ccc(C2N=C(c3cccc(-n4c5ccccc5c5cc(-c6ccc7c(c6)c6ccccc6n7-c6ccccc6)ccc54)c3)NC(c3ccccc3)N2)cc1. The van der Waals surface area contributed by atoms with Crippen molar-refractivity contribution < 1.29 is 0 Å². The number of aromatic nitrogens is 2. The molecular weight excluding hydrogens is 683 g/mol. The van der Waals surface area contributed by atoms with Crippen LogP contribution in [0.5, 0.6) is 0 Å². The van der Waals surface area contributed by atoms with Gasteiger partial charge < -0.3 is 14.5 Å². The Bertz CT molecular complexity index is 3090. The largest absolute Gasteiger partial charge is 0.350 e. The summed E-state index contributed by atoms with van der Waals surface area (Å²) in [6, 6.07) is 71.7. The van der Waals surface area contributed by atoms with Crippen LogP contribution in [0.15, 0.2) is 205 Å². The molecule has 10 aromatic rings. The van der Waals surface area contributed by atoms with Gasteiger partial charge in [-0.25, -0.2) is 4.99 Å². The molecule has 2 N–H and O–H groups in total. The Balaban J connectivity index is 1.02. The molecule has 0 amide bonds. The fourth-order valence-corrected chi connectivity index (χ4v) is 8.56. The number of nitrogens with zero attached hydrogens (tertiary/aromatic N) is 3. The number of benzene rings is 8. The van der Waals surface area contributed by atoms with Gasteiger partial charge in [0.15, 0.2) is 0 Å². The predicted octanol–water partition coefficient (Wildman–Crippen LogP) is 11.9. The number of fused-ring (bicyclic) bond motifs is 6. The molecule has 0 spiro atoms. The lowest BCUT2D eigenvalue weighted by atomic mass is 10.0. The van der Waals surface area contributed by atoms with Crippen molar-refractivity contribution in [3.05, 3.63) is 217 Å². The molecule has 8 aromatic carbocycles. The highest BCUT2D eigenvalue weighted by Crippen LogP contribution is 2.38. The zero-order valence-electron chi connectivity index (χ0n) is 30.5. The van der Waals surface area contributed by atoms with Gasteiger partial charge in [0.1, 0.15) is 18.2 Å². The number of rotatable bonds is 6. The van der Waals surface area contributed by atoms with Crippen LogP contribution < -0.4 is 10.6 Å². The Morgan fingerprint density at radius 1 is 0.375 bits per heavy atom. The molecule has 56 heavy (non-hydrogen) atoms. The molecule has 3 heterocycles. The highest BCUT2D eigenvalue weighted by atomic mass is 15.3. The first-order valence-electron chi connectivity index (χ1n) is 19.2. The predicted molar refractivity (Wildman–Crippen MR) is 232 cm³/mol. The standard InChI is InChI=1S/C51H37N5/c1-4-15-34(16-5-1)49-52-50(35-17-6-2-7-18-35)54-51(53-49)38-19-14-22-40(31-38)56-46-26-13-11-24-42(46)44-33-37(28-30-48(44)56)36-27-29-47-43(32-36)41-23-10-12-25-45(41)55(47)39-20-8-3-9-21-39/h1-33,49-50,52H,(H,53,54). The fraction of sp³-hybridized carbons (Fsp3) is 0.0392.